The summed E-state index contributed by atoms with van der Waals surface area (Å²) in [5.41, 5.74) is 2.53. The zero-order valence-electron chi connectivity index (χ0n) is 12.6. The summed E-state index contributed by atoms with van der Waals surface area (Å²) in [6.45, 7) is 5.66. The Morgan fingerprint density at radius 2 is 2.10 bits per heavy atom. The molecule has 0 saturated heterocycles. The standard InChI is InChI=1S/C12H18N6OS2/c1-6-9(7(2)18(5)17-6)14-10(19)8(3)20-12-16-15-11(13-4)21-12/h8H,1-5H3,(H,13,15)(H,14,19). The molecule has 0 aliphatic heterocycles. The molecule has 2 aromatic rings. The Hall–Kier alpha value is -1.61. The topological polar surface area (TPSA) is 84.7 Å². The van der Waals surface area contributed by atoms with Gasteiger partial charge in [0, 0.05) is 14.1 Å². The van der Waals surface area contributed by atoms with Gasteiger partial charge in [-0.1, -0.05) is 23.1 Å². The van der Waals surface area contributed by atoms with Crippen molar-refractivity contribution in [3.8, 4) is 0 Å². The van der Waals surface area contributed by atoms with E-state index in [0.29, 0.717) is 0 Å². The third-order valence-corrected chi connectivity index (χ3v) is 5.15. The van der Waals surface area contributed by atoms with Gasteiger partial charge < -0.3 is 10.6 Å². The summed E-state index contributed by atoms with van der Waals surface area (Å²) in [5.74, 6) is -0.0691. The van der Waals surface area contributed by atoms with Gasteiger partial charge in [0.15, 0.2) is 4.34 Å². The highest BCUT2D eigenvalue weighted by Gasteiger charge is 2.20. The molecule has 0 aliphatic carbocycles. The molecule has 0 saturated carbocycles. The number of carbonyl (C=O) groups excluding carboxylic acids is 1. The fourth-order valence-electron chi connectivity index (χ4n) is 1.74. The minimum absolute atomic E-state index is 0.0691. The molecule has 2 N–H and O–H groups in total. The fraction of sp³-hybridized carbons (Fsp3) is 0.500. The van der Waals surface area contributed by atoms with Crippen molar-refractivity contribution in [3.05, 3.63) is 11.4 Å². The number of amides is 1. The first-order valence-electron chi connectivity index (χ1n) is 6.41. The van der Waals surface area contributed by atoms with Crippen molar-refractivity contribution in [2.24, 2.45) is 7.05 Å². The van der Waals surface area contributed by atoms with Crippen LogP contribution in [-0.4, -0.2) is 38.2 Å². The molecule has 7 nitrogen and oxygen atoms in total. The van der Waals surface area contributed by atoms with Crippen LogP contribution in [0.4, 0.5) is 10.8 Å². The number of aryl methyl sites for hydroxylation is 2. The van der Waals surface area contributed by atoms with Crippen molar-refractivity contribution >= 4 is 39.8 Å². The van der Waals surface area contributed by atoms with Crippen molar-refractivity contribution < 1.29 is 4.79 Å². The Kier molecular flexibility index (Phi) is 4.84. The zero-order valence-corrected chi connectivity index (χ0v) is 14.2. The largest absolute Gasteiger partial charge is 0.363 e. The van der Waals surface area contributed by atoms with Gasteiger partial charge in [-0.3, -0.25) is 9.48 Å². The Balaban J connectivity index is 2.02. The zero-order chi connectivity index (χ0) is 15.6. The first-order chi connectivity index (χ1) is 9.92. The van der Waals surface area contributed by atoms with Crippen LogP contribution in [0.1, 0.15) is 18.3 Å². The summed E-state index contributed by atoms with van der Waals surface area (Å²) in [6.07, 6.45) is 0. The van der Waals surface area contributed by atoms with E-state index in [1.807, 2.05) is 27.8 Å². The molecule has 1 amide bonds. The quantitative estimate of drug-likeness (QED) is 0.818. The fourth-order valence-corrected chi connectivity index (χ4v) is 3.59. The maximum Gasteiger partial charge on any atom is 0.237 e. The normalized spacial score (nSPS) is 12.2. The Bertz CT molecular complexity index is 650. The minimum Gasteiger partial charge on any atom is -0.363 e. The average Bonchev–Trinajstić information content (AvgIpc) is 2.99. The van der Waals surface area contributed by atoms with Crippen molar-refractivity contribution in [2.45, 2.75) is 30.4 Å². The predicted octanol–water partition coefficient (Wildman–Crippen LogP) is 2.05. The van der Waals surface area contributed by atoms with Gasteiger partial charge >= 0.3 is 0 Å². The van der Waals surface area contributed by atoms with E-state index < -0.39 is 0 Å². The predicted molar refractivity (Wildman–Crippen MR) is 86.1 cm³/mol. The van der Waals surface area contributed by atoms with E-state index in [2.05, 4.69) is 25.9 Å². The second kappa shape index (κ2) is 6.44. The first-order valence-corrected chi connectivity index (χ1v) is 8.11. The molecule has 9 heteroatoms. The van der Waals surface area contributed by atoms with Gasteiger partial charge in [0.25, 0.3) is 0 Å². The lowest BCUT2D eigenvalue weighted by molar-refractivity contribution is -0.115. The van der Waals surface area contributed by atoms with Gasteiger partial charge in [-0.2, -0.15) is 5.10 Å². The smallest absolute Gasteiger partial charge is 0.237 e. The number of thioether (sulfide) groups is 1. The second-order valence-electron chi connectivity index (χ2n) is 4.54. The van der Waals surface area contributed by atoms with Gasteiger partial charge in [0.1, 0.15) is 0 Å². The molecular formula is C12H18N6OS2. The van der Waals surface area contributed by atoms with Gasteiger partial charge in [0.05, 0.1) is 22.3 Å². The monoisotopic (exact) mass is 326 g/mol. The number of nitrogens with one attached hydrogen (secondary N) is 2. The summed E-state index contributed by atoms with van der Waals surface area (Å²) >= 11 is 2.82. The van der Waals surface area contributed by atoms with Crippen molar-refractivity contribution in [3.63, 3.8) is 0 Å². The molecule has 0 radical (unpaired) electrons. The summed E-state index contributed by atoms with van der Waals surface area (Å²) < 4.78 is 2.52. The first kappa shape index (κ1) is 15.8. The third-order valence-electron chi connectivity index (χ3n) is 3.02. The maximum absolute atomic E-state index is 12.3. The molecule has 114 valence electrons. The molecule has 21 heavy (non-hydrogen) atoms. The molecule has 0 aromatic carbocycles. The van der Waals surface area contributed by atoms with E-state index in [9.17, 15) is 4.79 Å². The lowest BCUT2D eigenvalue weighted by atomic mass is 10.3. The molecule has 0 fully saturated rings. The van der Waals surface area contributed by atoms with Gasteiger partial charge in [-0.15, -0.1) is 10.2 Å². The molecular weight excluding hydrogens is 308 g/mol. The van der Waals surface area contributed by atoms with E-state index in [0.717, 1.165) is 26.5 Å². The number of carbonyl (C=O) groups is 1. The number of hydrogen-bond donors (Lipinski definition) is 2. The van der Waals surface area contributed by atoms with Crippen LogP contribution in [0.25, 0.3) is 0 Å². The minimum atomic E-state index is -0.262. The van der Waals surface area contributed by atoms with Crippen LogP contribution < -0.4 is 10.6 Å². The Morgan fingerprint density at radius 3 is 2.62 bits per heavy atom. The van der Waals surface area contributed by atoms with Gasteiger partial charge in [-0.25, -0.2) is 0 Å². The van der Waals surface area contributed by atoms with Crippen LogP contribution in [0.2, 0.25) is 0 Å². The highest BCUT2D eigenvalue weighted by Crippen LogP contribution is 2.29. The van der Waals surface area contributed by atoms with Crippen LogP contribution in [0.15, 0.2) is 4.34 Å². The molecule has 1 atom stereocenters. The molecule has 2 rings (SSSR count). The van der Waals surface area contributed by atoms with Gasteiger partial charge in [0.2, 0.25) is 11.0 Å². The molecule has 2 aromatic heterocycles. The van der Waals surface area contributed by atoms with E-state index in [4.69, 9.17) is 0 Å². The number of rotatable bonds is 5. The van der Waals surface area contributed by atoms with Crippen LogP contribution in [0.3, 0.4) is 0 Å². The molecule has 2 heterocycles. The summed E-state index contributed by atoms with van der Waals surface area (Å²) in [6, 6.07) is 0. The lowest BCUT2D eigenvalue weighted by Gasteiger charge is -2.10. The highest BCUT2D eigenvalue weighted by molar-refractivity contribution is 8.02. The SMILES string of the molecule is CNc1nnc(SC(C)C(=O)Nc2c(C)nn(C)c2C)s1. The summed E-state index contributed by atoms with van der Waals surface area (Å²) in [4.78, 5) is 12.3. The number of hydrogen-bond acceptors (Lipinski definition) is 7. The van der Waals surface area contributed by atoms with Crippen LogP contribution in [0, 0.1) is 13.8 Å². The van der Waals surface area contributed by atoms with Crippen LogP contribution in [0.5, 0.6) is 0 Å². The average molecular weight is 326 g/mol. The van der Waals surface area contributed by atoms with E-state index in [1.165, 1.54) is 23.1 Å². The van der Waals surface area contributed by atoms with Crippen LogP contribution in [-0.2, 0) is 11.8 Å². The van der Waals surface area contributed by atoms with E-state index >= 15 is 0 Å². The van der Waals surface area contributed by atoms with Gasteiger partial charge in [-0.05, 0) is 20.8 Å². The van der Waals surface area contributed by atoms with Crippen LogP contribution >= 0.6 is 23.1 Å². The third kappa shape index (κ3) is 3.53. The van der Waals surface area contributed by atoms with E-state index in [1.54, 1.807) is 11.7 Å². The molecule has 1 unspecified atom stereocenters. The lowest BCUT2D eigenvalue weighted by Crippen LogP contribution is -2.23. The van der Waals surface area contributed by atoms with Crippen molar-refractivity contribution in [1.29, 1.82) is 0 Å². The number of nitrogens with zero attached hydrogens (tertiary/aromatic N) is 4. The van der Waals surface area contributed by atoms with Crippen molar-refractivity contribution in [2.75, 3.05) is 17.7 Å². The highest BCUT2D eigenvalue weighted by atomic mass is 32.2. The Morgan fingerprint density at radius 1 is 1.38 bits per heavy atom. The molecule has 0 aliphatic rings. The molecule has 0 spiro atoms. The van der Waals surface area contributed by atoms with E-state index in [-0.39, 0.29) is 11.2 Å². The maximum atomic E-state index is 12.3. The van der Waals surface area contributed by atoms with Crippen molar-refractivity contribution in [1.82, 2.24) is 20.0 Å². The molecule has 0 bridgehead atoms. The number of aromatic nitrogens is 4. The summed E-state index contributed by atoms with van der Waals surface area (Å²) in [7, 11) is 3.65. The number of anilines is 2. The second-order valence-corrected chi connectivity index (χ2v) is 7.11. The summed E-state index contributed by atoms with van der Waals surface area (Å²) in [5, 5.41) is 18.6. The Labute approximate surface area is 131 Å².